The van der Waals surface area contributed by atoms with Crippen molar-refractivity contribution < 1.29 is 9.21 Å². The van der Waals surface area contributed by atoms with Gasteiger partial charge in [0.25, 0.3) is 0 Å². The van der Waals surface area contributed by atoms with Gasteiger partial charge in [0.2, 0.25) is 5.91 Å². The van der Waals surface area contributed by atoms with E-state index in [4.69, 9.17) is 4.42 Å². The number of amides is 1. The van der Waals surface area contributed by atoms with E-state index in [0.717, 1.165) is 34.2 Å². The van der Waals surface area contributed by atoms with Gasteiger partial charge in [-0.05, 0) is 37.6 Å². The Morgan fingerprint density at radius 2 is 1.79 bits per heavy atom. The van der Waals surface area contributed by atoms with Crippen LogP contribution in [0.25, 0.3) is 22.0 Å². The van der Waals surface area contributed by atoms with E-state index < -0.39 is 0 Å². The Balaban J connectivity index is 1.66. The molecule has 4 rings (SSSR count). The number of hydrogen-bond acceptors (Lipinski definition) is 3. The molecule has 0 fully saturated rings. The third-order valence-corrected chi connectivity index (χ3v) is 5.45. The number of carbonyl (C=O) groups is 1. The van der Waals surface area contributed by atoms with Crippen LogP contribution in [0.1, 0.15) is 32.1 Å². The Morgan fingerprint density at radius 3 is 2.52 bits per heavy atom. The first-order valence-corrected chi connectivity index (χ1v) is 9.93. The van der Waals surface area contributed by atoms with Gasteiger partial charge in [0.15, 0.2) is 0 Å². The van der Waals surface area contributed by atoms with Crippen LogP contribution < -0.4 is 5.69 Å². The van der Waals surface area contributed by atoms with Crippen molar-refractivity contribution in [1.82, 2.24) is 14.0 Å². The maximum atomic E-state index is 13.3. The molecule has 6 heteroatoms. The van der Waals surface area contributed by atoms with Gasteiger partial charge in [-0.2, -0.15) is 0 Å². The normalized spacial score (nSPS) is 12.5. The number of benzene rings is 2. The van der Waals surface area contributed by atoms with E-state index >= 15 is 0 Å². The number of para-hydroxylation sites is 3. The Morgan fingerprint density at radius 1 is 1.10 bits per heavy atom. The lowest BCUT2D eigenvalue weighted by atomic mass is 10.1. The summed E-state index contributed by atoms with van der Waals surface area (Å²) in [5, 5.41) is 1.02. The molecule has 1 atom stereocenters. The van der Waals surface area contributed by atoms with Gasteiger partial charge < -0.3 is 9.32 Å². The number of hydrogen-bond donors (Lipinski definition) is 0. The maximum Gasteiger partial charge on any atom is 0.329 e. The highest BCUT2D eigenvalue weighted by molar-refractivity contribution is 5.82. The molecule has 6 nitrogen and oxygen atoms in total. The molecule has 0 N–H and O–H groups in total. The van der Waals surface area contributed by atoms with Gasteiger partial charge in [0.05, 0.1) is 17.1 Å². The van der Waals surface area contributed by atoms with Gasteiger partial charge in [-0.1, -0.05) is 37.3 Å². The summed E-state index contributed by atoms with van der Waals surface area (Å²) in [7, 11) is 1.73. The molecule has 1 unspecified atom stereocenters. The molecule has 0 saturated heterocycles. The fourth-order valence-corrected chi connectivity index (χ4v) is 3.88. The summed E-state index contributed by atoms with van der Waals surface area (Å²) in [5.41, 5.74) is 2.20. The third kappa shape index (κ3) is 3.35. The number of furan rings is 1. The lowest BCUT2D eigenvalue weighted by molar-refractivity contribution is -0.134. The standard InChI is InChI=1S/C23H25N3O3/c1-4-13-25(16(2)21-14-17-9-5-8-12-20(17)29-21)22(27)15-26-19-11-7-6-10-18(19)24(3)23(26)28/h5-12,14,16H,4,13,15H2,1-3H3. The van der Waals surface area contributed by atoms with Crippen LogP contribution in [-0.2, 0) is 18.4 Å². The minimum atomic E-state index is -0.222. The van der Waals surface area contributed by atoms with Crippen molar-refractivity contribution >= 4 is 27.9 Å². The highest BCUT2D eigenvalue weighted by atomic mass is 16.3. The number of carbonyl (C=O) groups excluding carboxylic acids is 1. The lowest BCUT2D eigenvalue weighted by Gasteiger charge is -2.27. The number of aryl methyl sites for hydroxylation is 1. The monoisotopic (exact) mass is 391 g/mol. The molecule has 4 aromatic rings. The summed E-state index contributed by atoms with van der Waals surface area (Å²) >= 11 is 0. The zero-order valence-corrected chi connectivity index (χ0v) is 17.0. The van der Waals surface area contributed by atoms with E-state index in [1.54, 1.807) is 21.1 Å². The van der Waals surface area contributed by atoms with Crippen molar-refractivity contribution in [3.8, 4) is 0 Å². The molecule has 150 valence electrons. The van der Waals surface area contributed by atoms with E-state index in [-0.39, 0.29) is 24.2 Å². The first-order chi connectivity index (χ1) is 14.0. The van der Waals surface area contributed by atoms with E-state index in [0.29, 0.717) is 6.54 Å². The van der Waals surface area contributed by atoms with Crippen molar-refractivity contribution in [3.05, 3.63) is 70.8 Å². The second-order valence-corrected chi connectivity index (χ2v) is 7.37. The van der Waals surface area contributed by atoms with Gasteiger partial charge >= 0.3 is 5.69 Å². The van der Waals surface area contributed by atoms with Crippen molar-refractivity contribution in [3.63, 3.8) is 0 Å². The summed E-state index contributed by atoms with van der Waals surface area (Å²) in [5.74, 6) is 0.650. The van der Waals surface area contributed by atoms with Crippen LogP contribution in [0.5, 0.6) is 0 Å². The van der Waals surface area contributed by atoms with Crippen LogP contribution >= 0.6 is 0 Å². The third-order valence-electron chi connectivity index (χ3n) is 5.45. The average Bonchev–Trinajstić information content (AvgIpc) is 3.27. The summed E-state index contributed by atoms with van der Waals surface area (Å²) in [6.45, 7) is 4.61. The summed E-state index contributed by atoms with van der Waals surface area (Å²) in [6.07, 6.45) is 0.820. The van der Waals surface area contributed by atoms with Crippen LogP contribution in [0, 0.1) is 0 Å². The maximum absolute atomic E-state index is 13.3. The molecule has 0 radical (unpaired) electrons. The average molecular weight is 391 g/mol. The van der Waals surface area contributed by atoms with Crippen molar-refractivity contribution in [1.29, 1.82) is 0 Å². The summed E-state index contributed by atoms with van der Waals surface area (Å²) in [6, 6.07) is 17.1. The summed E-state index contributed by atoms with van der Waals surface area (Å²) < 4.78 is 9.12. The van der Waals surface area contributed by atoms with Crippen LogP contribution in [-0.4, -0.2) is 26.5 Å². The highest BCUT2D eigenvalue weighted by Crippen LogP contribution is 2.28. The molecule has 0 saturated carbocycles. The Labute approximate surface area is 168 Å². The number of imidazole rings is 1. The minimum absolute atomic E-state index is 0.00472. The molecule has 0 aliphatic carbocycles. The van der Waals surface area contributed by atoms with Gasteiger partial charge in [-0.25, -0.2) is 4.79 Å². The van der Waals surface area contributed by atoms with Gasteiger partial charge in [0.1, 0.15) is 17.9 Å². The first kappa shape index (κ1) is 19.1. The molecule has 2 heterocycles. The lowest BCUT2D eigenvalue weighted by Crippen LogP contribution is -2.38. The van der Waals surface area contributed by atoms with Gasteiger partial charge in [-0.15, -0.1) is 0 Å². The largest absolute Gasteiger partial charge is 0.459 e. The smallest absolute Gasteiger partial charge is 0.329 e. The molecule has 29 heavy (non-hydrogen) atoms. The predicted octanol–water partition coefficient (Wildman–Crippen LogP) is 4.09. The second-order valence-electron chi connectivity index (χ2n) is 7.37. The fourth-order valence-electron chi connectivity index (χ4n) is 3.88. The molecule has 0 spiro atoms. The van der Waals surface area contributed by atoms with E-state index in [1.807, 2.05) is 68.4 Å². The number of nitrogens with zero attached hydrogens (tertiary/aromatic N) is 3. The molecule has 0 aliphatic heterocycles. The van der Waals surface area contributed by atoms with E-state index in [2.05, 4.69) is 0 Å². The number of aromatic nitrogens is 2. The number of fused-ring (bicyclic) bond motifs is 2. The Bertz CT molecular complexity index is 1200. The van der Waals surface area contributed by atoms with Gasteiger partial charge in [0, 0.05) is 19.0 Å². The molecular weight excluding hydrogens is 366 g/mol. The van der Waals surface area contributed by atoms with Gasteiger partial charge in [-0.3, -0.25) is 13.9 Å². The van der Waals surface area contributed by atoms with Crippen LogP contribution in [0.2, 0.25) is 0 Å². The minimum Gasteiger partial charge on any atom is -0.459 e. The first-order valence-electron chi connectivity index (χ1n) is 9.93. The molecule has 0 aliphatic rings. The van der Waals surface area contributed by atoms with Crippen molar-refractivity contribution in [2.24, 2.45) is 7.05 Å². The fraction of sp³-hybridized carbons (Fsp3) is 0.304. The van der Waals surface area contributed by atoms with E-state index in [1.165, 1.54) is 0 Å². The van der Waals surface area contributed by atoms with Crippen molar-refractivity contribution in [2.75, 3.05) is 6.54 Å². The molecule has 1 amide bonds. The van der Waals surface area contributed by atoms with E-state index in [9.17, 15) is 9.59 Å². The predicted molar refractivity (Wildman–Crippen MR) is 114 cm³/mol. The SMILES string of the molecule is CCCN(C(=O)Cn1c(=O)n(C)c2ccccc21)C(C)c1cc2ccccc2o1. The van der Waals surface area contributed by atoms with Crippen LogP contribution in [0.4, 0.5) is 0 Å². The Hall–Kier alpha value is -3.28. The molecule has 0 bridgehead atoms. The number of rotatable bonds is 6. The zero-order valence-electron chi connectivity index (χ0n) is 17.0. The topological polar surface area (TPSA) is 60.4 Å². The zero-order chi connectivity index (χ0) is 20.5. The summed E-state index contributed by atoms with van der Waals surface area (Å²) in [4.78, 5) is 27.7. The Kier molecular flexibility index (Phi) is 5.01. The van der Waals surface area contributed by atoms with Crippen LogP contribution in [0.15, 0.2) is 63.8 Å². The molecular formula is C23H25N3O3. The highest BCUT2D eigenvalue weighted by Gasteiger charge is 2.25. The second kappa shape index (κ2) is 7.62. The van der Waals surface area contributed by atoms with Crippen molar-refractivity contribution in [2.45, 2.75) is 32.9 Å². The molecule has 2 aromatic carbocycles. The van der Waals surface area contributed by atoms with Crippen LogP contribution in [0.3, 0.4) is 0 Å². The quantitative estimate of drug-likeness (QED) is 0.497. The molecule has 2 aromatic heterocycles.